The van der Waals surface area contributed by atoms with Gasteiger partial charge in [0.2, 0.25) is 0 Å². The monoisotopic (exact) mass is 272 g/mol. The molecule has 0 amide bonds. The molecule has 0 saturated carbocycles. The van der Waals surface area contributed by atoms with Gasteiger partial charge in [0.1, 0.15) is 5.76 Å². The van der Waals surface area contributed by atoms with Crippen LogP contribution in [0.15, 0.2) is 21.2 Å². The van der Waals surface area contributed by atoms with Crippen LogP contribution in [-0.4, -0.2) is 31.1 Å². The second-order valence-electron chi connectivity index (χ2n) is 4.27. The van der Waals surface area contributed by atoms with Crippen LogP contribution < -0.4 is 5.32 Å². The maximum Gasteiger partial charge on any atom is 0.134 e. The highest BCUT2D eigenvalue weighted by atomic mass is 79.9. The second-order valence-corrected chi connectivity index (χ2v) is 5.12. The largest absolute Gasteiger partial charge is 0.466 e. The van der Waals surface area contributed by atoms with E-state index < -0.39 is 0 Å². The summed E-state index contributed by atoms with van der Waals surface area (Å²) >= 11 is 3.48. The van der Waals surface area contributed by atoms with E-state index >= 15 is 0 Å². The fourth-order valence-electron chi connectivity index (χ4n) is 2.11. The summed E-state index contributed by atoms with van der Waals surface area (Å²) in [6, 6.07) is 2.79. The van der Waals surface area contributed by atoms with Crippen molar-refractivity contribution in [2.75, 3.05) is 20.1 Å². The summed E-state index contributed by atoms with van der Waals surface area (Å²) in [7, 11) is 2.16. The molecule has 2 rings (SSSR count). The Morgan fingerprint density at radius 1 is 1.67 bits per heavy atom. The Bertz CT molecular complexity index is 326. The number of halogens is 1. The molecular formula is C11H17BrN2O. The predicted molar refractivity (Wildman–Crippen MR) is 63.9 cm³/mol. The average Bonchev–Trinajstić information content (AvgIpc) is 2.75. The van der Waals surface area contributed by atoms with Gasteiger partial charge in [0, 0.05) is 12.6 Å². The van der Waals surface area contributed by atoms with Gasteiger partial charge in [-0.3, -0.25) is 0 Å². The SMILES string of the molecule is CC(NC1CCN(C)C1)c1occc1Br. The molecule has 2 unspecified atom stereocenters. The van der Waals surface area contributed by atoms with Crippen molar-refractivity contribution in [3.05, 3.63) is 22.6 Å². The first-order valence-electron chi connectivity index (χ1n) is 5.34. The molecule has 15 heavy (non-hydrogen) atoms. The minimum atomic E-state index is 0.269. The zero-order valence-electron chi connectivity index (χ0n) is 9.16. The van der Waals surface area contributed by atoms with Crippen LogP contribution in [0.1, 0.15) is 25.1 Å². The van der Waals surface area contributed by atoms with E-state index in [4.69, 9.17) is 4.42 Å². The van der Waals surface area contributed by atoms with Gasteiger partial charge >= 0.3 is 0 Å². The lowest BCUT2D eigenvalue weighted by molar-refractivity contribution is 0.364. The molecular weight excluding hydrogens is 256 g/mol. The number of hydrogen-bond acceptors (Lipinski definition) is 3. The normalized spacial score (nSPS) is 24.6. The minimum absolute atomic E-state index is 0.269. The molecule has 0 aliphatic carbocycles. The third-order valence-electron chi connectivity index (χ3n) is 2.92. The summed E-state index contributed by atoms with van der Waals surface area (Å²) in [6.07, 6.45) is 2.94. The Morgan fingerprint density at radius 2 is 2.47 bits per heavy atom. The van der Waals surface area contributed by atoms with Gasteiger partial charge in [-0.25, -0.2) is 0 Å². The van der Waals surface area contributed by atoms with E-state index in [9.17, 15) is 0 Å². The van der Waals surface area contributed by atoms with Crippen LogP contribution in [0.25, 0.3) is 0 Å². The number of likely N-dealkylation sites (tertiary alicyclic amines) is 1. The molecule has 1 N–H and O–H groups in total. The lowest BCUT2D eigenvalue weighted by Gasteiger charge is -2.18. The molecule has 0 spiro atoms. The lowest BCUT2D eigenvalue weighted by Crippen LogP contribution is -2.33. The van der Waals surface area contributed by atoms with E-state index in [0.717, 1.165) is 16.8 Å². The fraction of sp³-hybridized carbons (Fsp3) is 0.636. The number of rotatable bonds is 3. The Balaban J connectivity index is 1.92. The average molecular weight is 273 g/mol. The van der Waals surface area contributed by atoms with E-state index in [1.807, 2.05) is 6.07 Å². The van der Waals surface area contributed by atoms with Crippen molar-refractivity contribution in [2.45, 2.75) is 25.4 Å². The number of hydrogen-bond donors (Lipinski definition) is 1. The number of nitrogens with one attached hydrogen (secondary N) is 1. The first kappa shape index (κ1) is 11.2. The number of furan rings is 1. The molecule has 3 nitrogen and oxygen atoms in total. The molecule has 0 radical (unpaired) electrons. The maximum absolute atomic E-state index is 5.44. The van der Waals surface area contributed by atoms with E-state index in [1.54, 1.807) is 6.26 Å². The van der Waals surface area contributed by atoms with Crippen LogP contribution in [0.5, 0.6) is 0 Å². The van der Waals surface area contributed by atoms with Gasteiger partial charge in [-0.2, -0.15) is 0 Å². The Kier molecular flexibility index (Phi) is 3.49. The molecule has 1 saturated heterocycles. The third kappa shape index (κ3) is 2.62. The van der Waals surface area contributed by atoms with Crippen LogP contribution in [0.2, 0.25) is 0 Å². The molecule has 1 aromatic heterocycles. The topological polar surface area (TPSA) is 28.4 Å². The van der Waals surface area contributed by atoms with E-state index in [1.165, 1.54) is 13.0 Å². The van der Waals surface area contributed by atoms with Crippen molar-refractivity contribution in [1.82, 2.24) is 10.2 Å². The zero-order valence-corrected chi connectivity index (χ0v) is 10.8. The molecule has 1 aliphatic heterocycles. The summed E-state index contributed by atoms with van der Waals surface area (Å²) in [5.41, 5.74) is 0. The Morgan fingerprint density at radius 3 is 3.00 bits per heavy atom. The molecule has 0 bridgehead atoms. The van der Waals surface area contributed by atoms with Crippen LogP contribution in [-0.2, 0) is 0 Å². The Hall–Kier alpha value is -0.320. The first-order valence-corrected chi connectivity index (χ1v) is 6.13. The first-order chi connectivity index (χ1) is 7.16. The van der Waals surface area contributed by atoms with E-state index in [-0.39, 0.29) is 6.04 Å². The highest BCUT2D eigenvalue weighted by Gasteiger charge is 2.22. The third-order valence-corrected chi connectivity index (χ3v) is 3.57. The smallest absolute Gasteiger partial charge is 0.134 e. The molecule has 2 heterocycles. The number of nitrogens with zero attached hydrogens (tertiary/aromatic N) is 1. The van der Waals surface area contributed by atoms with Gasteiger partial charge in [0.15, 0.2) is 0 Å². The van der Waals surface area contributed by atoms with Crippen LogP contribution in [0.4, 0.5) is 0 Å². The quantitative estimate of drug-likeness (QED) is 0.916. The van der Waals surface area contributed by atoms with Crippen molar-refractivity contribution in [3.8, 4) is 0 Å². The molecule has 2 atom stereocenters. The summed E-state index contributed by atoms with van der Waals surface area (Å²) < 4.78 is 6.49. The summed E-state index contributed by atoms with van der Waals surface area (Å²) in [5.74, 6) is 0.990. The van der Waals surface area contributed by atoms with Crippen molar-refractivity contribution < 1.29 is 4.42 Å². The molecule has 84 valence electrons. The van der Waals surface area contributed by atoms with Crippen molar-refractivity contribution >= 4 is 15.9 Å². The molecule has 1 fully saturated rings. The van der Waals surface area contributed by atoms with Gasteiger partial charge in [-0.15, -0.1) is 0 Å². The highest BCUT2D eigenvalue weighted by molar-refractivity contribution is 9.10. The Labute approximate surface area is 99.0 Å². The van der Waals surface area contributed by atoms with Crippen molar-refractivity contribution in [1.29, 1.82) is 0 Å². The highest BCUT2D eigenvalue weighted by Crippen LogP contribution is 2.25. The number of likely N-dealkylation sites (N-methyl/N-ethyl adjacent to an activating group) is 1. The van der Waals surface area contributed by atoms with Crippen LogP contribution in [0.3, 0.4) is 0 Å². The van der Waals surface area contributed by atoms with Gasteiger partial charge in [0.25, 0.3) is 0 Å². The molecule has 0 aromatic carbocycles. The lowest BCUT2D eigenvalue weighted by atomic mass is 10.2. The van der Waals surface area contributed by atoms with Gasteiger partial charge in [-0.05, 0) is 48.9 Å². The van der Waals surface area contributed by atoms with Gasteiger partial charge in [0.05, 0.1) is 16.8 Å². The standard InChI is InChI=1S/C11H17BrN2O/c1-8(11-10(12)4-6-15-11)13-9-3-5-14(2)7-9/h4,6,8-9,13H,3,5,7H2,1-2H3. The summed E-state index contributed by atoms with van der Waals surface area (Å²) in [6.45, 7) is 4.45. The molecule has 1 aliphatic rings. The summed E-state index contributed by atoms with van der Waals surface area (Å²) in [4.78, 5) is 2.35. The van der Waals surface area contributed by atoms with Gasteiger partial charge in [-0.1, -0.05) is 0 Å². The van der Waals surface area contributed by atoms with Gasteiger partial charge < -0.3 is 14.6 Å². The van der Waals surface area contributed by atoms with Crippen molar-refractivity contribution in [3.63, 3.8) is 0 Å². The van der Waals surface area contributed by atoms with Crippen molar-refractivity contribution in [2.24, 2.45) is 0 Å². The van der Waals surface area contributed by atoms with E-state index in [0.29, 0.717) is 6.04 Å². The minimum Gasteiger partial charge on any atom is -0.466 e. The zero-order chi connectivity index (χ0) is 10.8. The second kappa shape index (κ2) is 4.68. The predicted octanol–water partition coefficient (Wildman–Crippen LogP) is 2.40. The fourth-order valence-corrected chi connectivity index (χ4v) is 2.66. The van der Waals surface area contributed by atoms with Crippen LogP contribution >= 0.6 is 15.9 Å². The maximum atomic E-state index is 5.44. The molecule has 1 aromatic rings. The molecule has 4 heteroatoms. The van der Waals surface area contributed by atoms with Crippen LogP contribution in [0, 0.1) is 0 Å². The van der Waals surface area contributed by atoms with E-state index in [2.05, 4.69) is 40.1 Å². The summed E-state index contributed by atoms with van der Waals surface area (Å²) in [5, 5.41) is 3.59.